The molecule has 7 fully saturated rings. The van der Waals surface area contributed by atoms with E-state index in [4.69, 9.17) is 28.4 Å². The van der Waals surface area contributed by atoms with Gasteiger partial charge in [0.25, 0.3) is 0 Å². The lowest BCUT2D eigenvalue weighted by molar-refractivity contribution is -0.366. The number of aliphatic hydroxyl groups is 6. The lowest BCUT2D eigenvalue weighted by Gasteiger charge is -2.73. The van der Waals surface area contributed by atoms with Gasteiger partial charge >= 0.3 is 5.97 Å². The zero-order valence-corrected chi connectivity index (χ0v) is 35.4. The summed E-state index contributed by atoms with van der Waals surface area (Å²) in [7, 11) is 0. The SMILES string of the molecule is CC(=O)O[C@@H]1[C@@H](O)[C@H](O[C@H]2[C@@H](O)[C@@H](C)O[C@@H](O[C@H]3CC[C@]4(C)[C@H]5C=C[C@]67OC[C@@]8(CCC(C)(C)C[C@@H]86)[C@@H](O)C[C@@]7(C)[C@]5(C)CC[C@H]4C3(C)C)[C@@H]2O)O[C@H](CO)[C@H]1O. The van der Waals surface area contributed by atoms with Crippen molar-refractivity contribution >= 4 is 5.97 Å². The van der Waals surface area contributed by atoms with Gasteiger partial charge in [0.15, 0.2) is 18.7 Å². The summed E-state index contributed by atoms with van der Waals surface area (Å²) in [5.74, 6) is 0.0366. The fourth-order valence-corrected chi connectivity index (χ4v) is 14.6. The number of hydrogen-bond acceptors (Lipinski definition) is 13. The summed E-state index contributed by atoms with van der Waals surface area (Å²) in [5, 5.41) is 66.5. The molecule has 6 N–H and O–H groups in total. The molecule has 4 saturated carbocycles. The maximum Gasteiger partial charge on any atom is 0.303 e. The summed E-state index contributed by atoms with van der Waals surface area (Å²) >= 11 is 0. The highest BCUT2D eigenvalue weighted by Crippen LogP contribution is 2.79. The van der Waals surface area contributed by atoms with Crippen LogP contribution in [0.25, 0.3) is 0 Å². The molecule has 0 radical (unpaired) electrons. The van der Waals surface area contributed by atoms with Crippen molar-refractivity contribution in [2.24, 2.45) is 50.2 Å². The molecule has 0 unspecified atom stereocenters. The average Bonchev–Trinajstić information content (AvgIpc) is 3.40. The van der Waals surface area contributed by atoms with E-state index in [9.17, 15) is 35.4 Å². The predicted molar refractivity (Wildman–Crippen MR) is 205 cm³/mol. The molecule has 13 heteroatoms. The van der Waals surface area contributed by atoms with E-state index in [1.54, 1.807) is 6.92 Å². The third-order valence-electron chi connectivity index (χ3n) is 18.1. The van der Waals surface area contributed by atoms with E-state index in [1.807, 2.05) is 0 Å². The summed E-state index contributed by atoms with van der Waals surface area (Å²) in [6, 6.07) is 0. The van der Waals surface area contributed by atoms with Crippen molar-refractivity contribution < 1.29 is 63.9 Å². The molecule has 3 saturated heterocycles. The Balaban J connectivity index is 1.02. The number of esters is 1. The number of hydrogen-bond donors (Lipinski definition) is 6. The summed E-state index contributed by atoms with van der Waals surface area (Å²) in [5.41, 5.74) is -1.17. The number of allylic oxidation sites excluding steroid dienone is 1. The Morgan fingerprint density at radius 2 is 1.47 bits per heavy atom. The number of fused-ring (bicyclic) bond motifs is 4. The van der Waals surface area contributed by atoms with Crippen molar-refractivity contribution in [3.8, 4) is 0 Å². The van der Waals surface area contributed by atoms with Crippen molar-refractivity contribution in [2.75, 3.05) is 13.2 Å². The van der Waals surface area contributed by atoms with Crippen molar-refractivity contribution in [1.29, 1.82) is 0 Å². The standard InChI is InChI=1S/C44H70O13/c1-22-30(48)34(57-37-33(51)35(54-23(2)46)31(49)24(20-45)55-37)32(50)36(53-22)56-29-12-13-40(7)25(39(29,5)6)10-14-41(8)26(40)11-15-44-27-18-38(3,4)16-17-43(27,21-52-44)28(47)19-42(41,44)9/h11,15,22,24-37,45,47-51H,10,12-14,16-21H2,1-9H3/t22-,24-,25+,26-,27+,28+,29+,30+,31-,32-,33-,34+,35+,36+,37+,40+,41-,42+,43-,44+/m1/s1. The van der Waals surface area contributed by atoms with E-state index >= 15 is 0 Å². The second kappa shape index (κ2) is 13.9. The van der Waals surface area contributed by atoms with Crippen LogP contribution in [0.15, 0.2) is 12.2 Å². The van der Waals surface area contributed by atoms with Crippen LogP contribution in [0.5, 0.6) is 0 Å². The molecular weight excluding hydrogens is 736 g/mol. The van der Waals surface area contributed by atoms with Gasteiger partial charge < -0.3 is 59.1 Å². The van der Waals surface area contributed by atoms with Crippen molar-refractivity contribution in [3.05, 3.63) is 12.2 Å². The Hall–Kier alpha value is -1.23. The third kappa shape index (κ3) is 5.90. The Kier molecular flexibility index (Phi) is 10.3. The monoisotopic (exact) mass is 806 g/mol. The first-order valence-electron chi connectivity index (χ1n) is 21.7. The highest BCUT2D eigenvalue weighted by Gasteiger charge is 2.79. The first-order chi connectivity index (χ1) is 26.5. The summed E-state index contributed by atoms with van der Waals surface area (Å²) in [6.45, 7) is 19.4. The topological polar surface area (TPSA) is 194 Å². The fraction of sp³-hybridized carbons (Fsp3) is 0.932. The number of carbonyl (C=O) groups is 1. The van der Waals surface area contributed by atoms with Gasteiger partial charge in [0, 0.05) is 23.7 Å². The van der Waals surface area contributed by atoms with Gasteiger partial charge in [-0.3, -0.25) is 4.79 Å². The first kappa shape index (κ1) is 42.5. The Morgan fingerprint density at radius 1 is 0.789 bits per heavy atom. The van der Waals surface area contributed by atoms with Crippen molar-refractivity contribution in [1.82, 2.24) is 0 Å². The number of aliphatic hydroxyl groups excluding tert-OH is 6. The Bertz CT molecular complexity index is 1590. The van der Waals surface area contributed by atoms with Gasteiger partial charge in [-0.15, -0.1) is 0 Å². The number of carbonyl (C=O) groups excluding carboxylic acids is 1. The lowest BCUT2D eigenvalue weighted by atomic mass is 9.32. The molecular formula is C44H70O13. The molecule has 2 bridgehead atoms. The van der Waals surface area contributed by atoms with Gasteiger partial charge in [-0.1, -0.05) is 60.6 Å². The van der Waals surface area contributed by atoms with Crippen LogP contribution < -0.4 is 0 Å². The van der Waals surface area contributed by atoms with E-state index in [0.29, 0.717) is 13.0 Å². The van der Waals surface area contributed by atoms with E-state index in [1.165, 1.54) is 0 Å². The van der Waals surface area contributed by atoms with Crippen LogP contribution in [-0.4, -0.2) is 129 Å². The molecule has 57 heavy (non-hydrogen) atoms. The van der Waals surface area contributed by atoms with Crippen LogP contribution in [0.2, 0.25) is 0 Å². The Morgan fingerprint density at radius 3 is 2.16 bits per heavy atom. The molecule has 20 atom stereocenters. The number of ether oxygens (including phenoxy) is 6. The van der Waals surface area contributed by atoms with E-state index in [-0.39, 0.29) is 56.3 Å². The highest BCUT2D eigenvalue weighted by atomic mass is 16.7. The van der Waals surface area contributed by atoms with E-state index in [0.717, 1.165) is 51.9 Å². The molecule has 1 spiro atoms. The van der Waals surface area contributed by atoms with Gasteiger partial charge in [-0.05, 0) is 91.8 Å². The predicted octanol–water partition coefficient (Wildman–Crippen LogP) is 3.38. The minimum atomic E-state index is -1.68. The summed E-state index contributed by atoms with van der Waals surface area (Å²) in [4.78, 5) is 11.8. The lowest BCUT2D eigenvalue weighted by Crippen LogP contribution is -2.72. The minimum absolute atomic E-state index is 0.0800. The van der Waals surface area contributed by atoms with E-state index in [2.05, 4.69) is 60.6 Å². The molecule has 0 aromatic heterocycles. The van der Waals surface area contributed by atoms with Crippen molar-refractivity contribution in [2.45, 2.75) is 193 Å². The maximum absolute atomic E-state index is 12.1. The largest absolute Gasteiger partial charge is 0.457 e. The van der Waals surface area contributed by atoms with Crippen LogP contribution in [0.3, 0.4) is 0 Å². The molecule has 3 aliphatic heterocycles. The molecule has 8 rings (SSSR count). The van der Waals surface area contributed by atoms with Crippen LogP contribution in [0.4, 0.5) is 0 Å². The van der Waals surface area contributed by atoms with Gasteiger partial charge in [0.2, 0.25) is 0 Å². The zero-order chi connectivity index (χ0) is 41.5. The first-order valence-corrected chi connectivity index (χ1v) is 21.7. The van der Waals surface area contributed by atoms with Crippen LogP contribution in [-0.2, 0) is 33.2 Å². The second-order valence-electron chi connectivity index (χ2n) is 21.7. The molecule has 0 amide bonds. The quantitative estimate of drug-likeness (QED) is 0.130. The molecule has 324 valence electrons. The summed E-state index contributed by atoms with van der Waals surface area (Å²) < 4.78 is 36.8. The van der Waals surface area contributed by atoms with Crippen LogP contribution >= 0.6 is 0 Å². The highest BCUT2D eigenvalue weighted by molar-refractivity contribution is 5.66. The van der Waals surface area contributed by atoms with Crippen molar-refractivity contribution in [3.63, 3.8) is 0 Å². The van der Waals surface area contributed by atoms with Gasteiger partial charge in [0.05, 0.1) is 37.1 Å². The van der Waals surface area contributed by atoms with E-state index < -0.39 is 85.7 Å². The smallest absolute Gasteiger partial charge is 0.303 e. The maximum atomic E-state index is 12.1. The fourth-order valence-electron chi connectivity index (χ4n) is 14.6. The van der Waals surface area contributed by atoms with Gasteiger partial charge in [-0.2, -0.15) is 0 Å². The van der Waals surface area contributed by atoms with Crippen LogP contribution in [0.1, 0.15) is 114 Å². The van der Waals surface area contributed by atoms with Gasteiger partial charge in [-0.25, -0.2) is 0 Å². The van der Waals surface area contributed by atoms with Crippen LogP contribution in [0, 0.1) is 50.2 Å². The average molecular weight is 807 g/mol. The summed E-state index contributed by atoms with van der Waals surface area (Å²) in [6.07, 6.45) is -1.98. The van der Waals surface area contributed by atoms with Gasteiger partial charge in [0.1, 0.15) is 36.6 Å². The molecule has 3 heterocycles. The number of rotatable bonds is 6. The molecule has 5 aliphatic carbocycles. The molecule has 8 aliphatic rings. The Labute approximate surface area is 337 Å². The molecule has 13 nitrogen and oxygen atoms in total. The minimum Gasteiger partial charge on any atom is -0.457 e. The second-order valence-corrected chi connectivity index (χ2v) is 21.7. The molecule has 0 aromatic rings. The third-order valence-corrected chi connectivity index (χ3v) is 18.1. The zero-order valence-electron chi connectivity index (χ0n) is 35.4. The normalized spacial score (nSPS) is 56.2. The molecule has 0 aromatic carbocycles.